The first-order valence-corrected chi connectivity index (χ1v) is 11.3. The summed E-state index contributed by atoms with van der Waals surface area (Å²) in [6, 6.07) is 37.9. The normalized spacial score (nSPS) is 10.4. The fraction of sp³-hybridized carbons (Fsp3) is 0.0741. The Balaban J connectivity index is 0.00000272. The van der Waals surface area contributed by atoms with Crippen LogP contribution < -0.4 is 15.9 Å². The van der Waals surface area contributed by atoms with E-state index in [1.807, 2.05) is 24.3 Å². The molecule has 0 aromatic heterocycles. The van der Waals surface area contributed by atoms with Crippen LogP contribution in [0.2, 0.25) is 0 Å². The molecule has 2 nitrogen and oxygen atoms in total. The van der Waals surface area contributed by atoms with Crippen LogP contribution >= 0.6 is 24.9 Å². The second-order valence-corrected chi connectivity index (χ2v) is 9.19. The van der Waals surface area contributed by atoms with Gasteiger partial charge in [-0.05, 0) is 53.5 Å². The second-order valence-electron chi connectivity index (χ2n) is 7.00. The van der Waals surface area contributed by atoms with Crippen molar-refractivity contribution in [3.05, 3.63) is 126 Å². The number of hydrogen-bond acceptors (Lipinski definition) is 2. The third-order valence-electron chi connectivity index (χ3n) is 5.03. The van der Waals surface area contributed by atoms with Crippen molar-refractivity contribution in [2.75, 3.05) is 7.11 Å². The molecular weight excluding hydrogens is 467 g/mol. The van der Waals surface area contributed by atoms with E-state index in [-0.39, 0.29) is 23.0 Å². The van der Waals surface area contributed by atoms with Gasteiger partial charge in [-0.1, -0.05) is 97.1 Å². The molecular formula is C27H24BrO2P. The van der Waals surface area contributed by atoms with E-state index in [2.05, 4.69) is 84.9 Å². The number of carbonyl (C=O) groups excluding carboxylic acids is 1. The molecule has 0 radical (unpaired) electrons. The highest BCUT2D eigenvalue weighted by atomic mass is 79.9. The Morgan fingerprint density at radius 2 is 1.23 bits per heavy atom. The molecule has 0 N–H and O–H groups in total. The van der Waals surface area contributed by atoms with E-state index in [4.69, 9.17) is 4.74 Å². The summed E-state index contributed by atoms with van der Waals surface area (Å²) >= 11 is 0. The minimum atomic E-state index is -0.656. The van der Waals surface area contributed by atoms with Crippen LogP contribution in [-0.4, -0.2) is 13.1 Å². The fourth-order valence-electron chi connectivity index (χ4n) is 3.56. The summed E-state index contributed by atoms with van der Waals surface area (Å²) in [5.74, 6) is -0.307. The van der Waals surface area contributed by atoms with Gasteiger partial charge in [0.25, 0.3) is 0 Å². The largest absolute Gasteiger partial charge is 0.465 e. The van der Waals surface area contributed by atoms with E-state index in [0.29, 0.717) is 5.56 Å². The number of rotatable bonds is 6. The van der Waals surface area contributed by atoms with Gasteiger partial charge in [-0.25, -0.2) is 4.79 Å². The quantitative estimate of drug-likeness (QED) is 0.267. The van der Waals surface area contributed by atoms with Crippen LogP contribution in [0.4, 0.5) is 0 Å². The van der Waals surface area contributed by atoms with Crippen molar-refractivity contribution in [2.45, 2.75) is 6.42 Å². The van der Waals surface area contributed by atoms with E-state index < -0.39 is 7.92 Å². The molecule has 4 rings (SSSR count). The maximum atomic E-state index is 11.7. The van der Waals surface area contributed by atoms with Crippen molar-refractivity contribution in [1.29, 1.82) is 0 Å². The molecule has 156 valence electrons. The monoisotopic (exact) mass is 490 g/mol. The molecule has 0 saturated carbocycles. The van der Waals surface area contributed by atoms with Crippen molar-refractivity contribution in [3.8, 4) is 0 Å². The molecule has 0 amide bonds. The summed E-state index contributed by atoms with van der Waals surface area (Å²) in [4.78, 5) is 11.7. The number of benzene rings is 4. The Morgan fingerprint density at radius 3 is 1.77 bits per heavy atom. The highest BCUT2D eigenvalue weighted by Gasteiger charge is 2.19. The Morgan fingerprint density at radius 1 is 0.710 bits per heavy atom. The highest BCUT2D eigenvalue weighted by molar-refractivity contribution is 8.93. The van der Waals surface area contributed by atoms with Gasteiger partial charge in [-0.3, -0.25) is 0 Å². The number of ether oxygens (including phenoxy) is 1. The third kappa shape index (κ3) is 5.50. The number of esters is 1. The van der Waals surface area contributed by atoms with Gasteiger partial charge in [0.1, 0.15) is 0 Å². The van der Waals surface area contributed by atoms with Crippen LogP contribution in [0.3, 0.4) is 0 Å². The lowest BCUT2D eigenvalue weighted by Gasteiger charge is -2.22. The van der Waals surface area contributed by atoms with Crippen LogP contribution in [0.25, 0.3) is 0 Å². The summed E-state index contributed by atoms with van der Waals surface area (Å²) < 4.78 is 4.81. The van der Waals surface area contributed by atoms with Gasteiger partial charge in [0.05, 0.1) is 12.7 Å². The Hall–Kier alpha value is -2.74. The topological polar surface area (TPSA) is 26.3 Å². The molecule has 0 atom stereocenters. The minimum Gasteiger partial charge on any atom is -0.465 e. The van der Waals surface area contributed by atoms with Gasteiger partial charge in [0.2, 0.25) is 0 Å². The maximum absolute atomic E-state index is 11.7. The van der Waals surface area contributed by atoms with Crippen LogP contribution in [0, 0.1) is 0 Å². The minimum absolute atomic E-state index is 0. The van der Waals surface area contributed by atoms with E-state index >= 15 is 0 Å². The van der Waals surface area contributed by atoms with Crippen molar-refractivity contribution in [1.82, 2.24) is 0 Å². The molecule has 0 fully saturated rings. The molecule has 0 aliphatic heterocycles. The lowest BCUT2D eigenvalue weighted by atomic mass is 10.0. The van der Waals surface area contributed by atoms with Crippen molar-refractivity contribution < 1.29 is 9.53 Å². The Labute approximate surface area is 195 Å². The predicted octanol–water partition coefficient (Wildman–Crippen LogP) is 5.40. The number of methoxy groups -OCH3 is 1. The Kier molecular flexibility index (Phi) is 8.17. The summed E-state index contributed by atoms with van der Waals surface area (Å²) in [6.45, 7) is 0. The average Bonchev–Trinajstić information content (AvgIpc) is 2.82. The Bertz CT molecular complexity index is 1070. The maximum Gasteiger partial charge on any atom is 0.337 e. The van der Waals surface area contributed by atoms with E-state index in [1.165, 1.54) is 34.2 Å². The second kappa shape index (κ2) is 11.0. The van der Waals surface area contributed by atoms with Crippen LogP contribution in [0.15, 0.2) is 109 Å². The zero-order valence-electron chi connectivity index (χ0n) is 17.3. The number of carbonyl (C=O) groups is 1. The predicted molar refractivity (Wildman–Crippen MR) is 136 cm³/mol. The summed E-state index contributed by atoms with van der Waals surface area (Å²) in [6.07, 6.45) is 0.816. The van der Waals surface area contributed by atoms with Gasteiger partial charge in [0, 0.05) is 0 Å². The van der Waals surface area contributed by atoms with E-state index in [0.717, 1.165) is 6.42 Å². The third-order valence-corrected chi connectivity index (χ3v) is 7.58. The van der Waals surface area contributed by atoms with Crippen LogP contribution in [0.5, 0.6) is 0 Å². The van der Waals surface area contributed by atoms with Gasteiger partial charge in [-0.2, -0.15) is 0 Å². The molecule has 0 bridgehead atoms. The van der Waals surface area contributed by atoms with Crippen LogP contribution in [0.1, 0.15) is 21.5 Å². The van der Waals surface area contributed by atoms with Gasteiger partial charge in [-0.15, -0.1) is 17.0 Å². The number of halogens is 1. The van der Waals surface area contributed by atoms with E-state index in [9.17, 15) is 4.79 Å². The van der Waals surface area contributed by atoms with Crippen LogP contribution in [-0.2, 0) is 11.2 Å². The SMILES string of the molecule is Br.COC(=O)c1ccc(Cc2ccccc2P(c2ccccc2)c2ccccc2)cc1. The summed E-state index contributed by atoms with van der Waals surface area (Å²) in [5.41, 5.74) is 3.05. The average molecular weight is 491 g/mol. The molecule has 0 spiro atoms. The molecule has 4 aromatic carbocycles. The van der Waals surface area contributed by atoms with Gasteiger partial charge >= 0.3 is 5.97 Å². The molecule has 0 heterocycles. The zero-order chi connectivity index (χ0) is 20.8. The molecule has 31 heavy (non-hydrogen) atoms. The molecule has 4 aromatic rings. The molecule has 0 aliphatic carbocycles. The first-order chi connectivity index (χ1) is 14.8. The van der Waals surface area contributed by atoms with E-state index in [1.54, 1.807) is 0 Å². The standard InChI is InChI=1S/C27H23O2P.BrH/c1-29-27(28)22-18-16-21(17-19-22)20-23-10-8-9-15-26(23)30(24-11-4-2-5-12-24)25-13-6-3-7-14-25;/h2-19H,20H2,1H3;1H. The van der Waals surface area contributed by atoms with Gasteiger partial charge < -0.3 is 4.74 Å². The molecule has 0 aliphatic rings. The van der Waals surface area contributed by atoms with Crippen molar-refractivity contribution >= 4 is 46.8 Å². The lowest BCUT2D eigenvalue weighted by molar-refractivity contribution is 0.0600. The fourth-order valence-corrected chi connectivity index (χ4v) is 6.03. The first kappa shape index (κ1) is 22.9. The smallest absolute Gasteiger partial charge is 0.337 e. The van der Waals surface area contributed by atoms with Crippen molar-refractivity contribution in [3.63, 3.8) is 0 Å². The van der Waals surface area contributed by atoms with Gasteiger partial charge in [0.15, 0.2) is 0 Å². The molecule has 0 unspecified atom stereocenters. The highest BCUT2D eigenvalue weighted by Crippen LogP contribution is 2.34. The molecule has 4 heteroatoms. The van der Waals surface area contributed by atoms with Crippen molar-refractivity contribution in [2.24, 2.45) is 0 Å². The summed E-state index contributed by atoms with van der Waals surface area (Å²) in [5, 5.41) is 4.04. The zero-order valence-corrected chi connectivity index (χ0v) is 19.9. The lowest BCUT2D eigenvalue weighted by Crippen LogP contribution is -2.23. The summed E-state index contributed by atoms with van der Waals surface area (Å²) in [7, 11) is 0.748. The number of hydrogen-bond donors (Lipinski definition) is 0. The molecule has 0 saturated heterocycles. The first-order valence-electron chi connectivity index (χ1n) is 9.91.